The van der Waals surface area contributed by atoms with Crippen LogP contribution in [-0.4, -0.2) is 15.0 Å². The van der Waals surface area contributed by atoms with Crippen LogP contribution >= 0.6 is 0 Å². The molecule has 0 radical (unpaired) electrons. The molecule has 102 valence electrons. The summed E-state index contributed by atoms with van der Waals surface area (Å²) in [5.74, 6) is -0.0211. The van der Waals surface area contributed by atoms with Crippen molar-refractivity contribution in [1.82, 2.24) is 5.32 Å². The van der Waals surface area contributed by atoms with Gasteiger partial charge in [-0.05, 0) is 30.7 Å². The molecule has 0 saturated carbocycles. The van der Waals surface area contributed by atoms with Crippen LogP contribution in [0.25, 0.3) is 0 Å². The van der Waals surface area contributed by atoms with E-state index in [-0.39, 0.29) is 5.75 Å². The molecule has 18 heavy (non-hydrogen) atoms. The van der Waals surface area contributed by atoms with E-state index in [0.717, 1.165) is 18.5 Å². The van der Waals surface area contributed by atoms with Crippen LogP contribution in [0, 0.1) is 0 Å². The first kappa shape index (κ1) is 14.9. The van der Waals surface area contributed by atoms with E-state index in [1.807, 2.05) is 0 Å². The highest BCUT2D eigenvalue weighted by Gasteiger charge is 2.08. The normalized spacial score (nSPS) is 11.4. The molecule has 0 aliphatic rings. The van der Waals surface area contributed by atoms with Gasteiger partial charge in [0, 0.05) is 6.54 Å². The predicted molar refractivity (Wildman–Crippen MR) is 68.3 cm³/mol. The van der Waals surface area contributed by atoms with Crippen molar-refractivity contribution < 1.29 is 16.5 Å². The molecule has 0 aromatic heterocycles. The van der Waals surface area contributed by atoms with Gasteiger partial charge in [-0.25, -0.2) is 0 Å². The molecule has 0 aliphatic carbocycles. The topological polar surface area (TPSA) is 55.4 Å². The molecule has 0 bridgehead atoms. The van der Waals surface area contributed by atoms with Gasteiger partial charge < -0.3 is 9.50 Å². The van der Waals surface area contributed by atoms with Crippen molar-refractivity contribution in [3.05, 3.63) is 29.8 Å². The third-order valence-electron chi connectivity index (χ3n) is 2.41. The van der Waals surface area contributed by atoms with E-state index in [4.69, 9.17) is 0 Å². The van der Waals surface area contributed by atoms with Crippen molar-refractivity contribution in [3.8, 4) is 5.75 Å². The van der Waals surface area contributed by atoms with Crippen LogP contribution in [0.3, 0.4) is 0 Å². The summed E-state index contributed by atoms with van der Waals surface area (Å²) in [5.41, 5.74) is 0.995. The molecule has 0 heterocycles. The zero-order valence-corrected chi connectivity index (χ0v) is 11.2. The summed E-state index contributed by atoms with van der Waals surface area (Å²) in [7, 11) is -4.93. The second kappa shape index (κ2) is 7.33. The van der Waals surface area contributed by atoms with Crippen molar-refractivity contribution >= 4 is 10.5 Å². The van der Waals surface area contributed by atoms with Crippen LogP contribution in [0.5, 0.6) is 5.75 Å². The average Bonchev–Trinajstić information content (AvgIpc) is 2.29. The van der Waals surface area contributed by atoms with E-state index < -0.39 is 10.5 Å². The molecule has 0 saturated heterocycles. The number of hydrogen-bond donors (Lipinski definition) is 1. The number of nitrogens with one attached hydrogen (secondary N) is 1. The van der Waals surface area contributed by atoms with Crippen LogP contribution in [0.2, 0.25) is 0 Å². The Balaban J connectivity index is 2.36. The highest BCUT2D eigenvalue weighted by atomic mass is 32.3. The van der Waals surface area contributed by atoms with Crippen LogP contribution < -0.4 is 9.50 Å². The Hall–Kier alpha value is -1.14. The minimum atomic E-state index is -4.93. The van der Waals surface area contributed by atoms with E-state index in [9.17, 15) is 12.3 Å². The van der Waals surface area contributed by atoms with Gasteiger partial charge in [0.25, 0.3) is 0 Å². The molecule has 0 unspecified atom stereocenters. The maximum Gasteiger partial charge on any atom is 0.488 e. The maximum absolute atomic E-state index is 12.2. The summed E-state index contributed by atoms with van der Waals surface area (Å²) in [6.07, 6.45) is 3.53. The Bertz CT molecular complexity index is 445. The lowest BCUT2D eigenvalue weighted by atomic mass is 10.2. The smallest absolute Gasteiger partial charge is 0.358 e. The summed E-state index contributed by atoms with van der Waals surface area (Å²) >= 11 is 0. The second-order valence-electron chi connectivity index (χ2n) is 4.00. The SMILES string of the molecule is CCCCCNCc1ccc(OS(=O)(=O)F)cc1. The fourth-order valence-electron chi connectivity index (χ4n) is 1.51. The number of benzene rings is 1. The molecule has 0 spiro atoms. The lowest BCUT2D eigenvalue weighted by Gasteiger charge is -2.05. The summed E-state index contributed by atoms with van der Waals surface area (Å²) in [4.78, 5) is 0. The highest BCUT2D eigenvalue weighted by Crippen LogP contribution is 2.14. The fraction of sp³-hybridized carbons (Fsp3) is 0.500. The first-order valence-corrected chi connectivity index (χ1v) is 7.26. The molecule has 4 nitrogen and oxygen atoms in total. The van der Waals surface area contributed by atoms with Crippen molar-refractivity contribution in [3.63, 3.8) is 0 Å². The monoisotopic (exact) mass is 275 g/mol. The van der Waals surface area contributed by atoms with Gasteiger partial charge in [-0.2, -0.15) is 8.42 Å². The highest BCUT2D eigenvalue weighted by molar-refractivity contribution is 7.81. The largest absolute Gasteiger partial charge is 0.488 e. The molecule has 6 heteroatoms. The fourth-order valence-corrected chi connectivity index (χ4v) is 1.85. The van der Waals surface area contributed by atoms with Crippen molar-refractivity contribution in [2.75, 3.05) is 6.54 Å². The Labute approximate surface area is 108 Å². The summed E-state index contributed by atoms with van der Waals surface area (Å²) in [5, 5.41) is 3.27. The number of hydrogen-bond acceptors (Lipinski definition) is 4. The van der Waals surface area contributed by atoms with Gasteiger partial charge in [0.1, 0.15) is 5.75 Å². The van der Waals surface area contributed by atoms with Crippen molar-refractivity contribution in [2.45, 2.75) is 32.7 Å². The molecule has 0 fully saturated rings. The van der Waals surface area contributed by atoms with Crippen LogP contribution in [0.15, 0.2) is 24.3 Å². The summed E-state index contributed by atoms with van der Waals surface area (Å²) in [6.45, 7) is 3.80. The zero-order chi connectivity index (χ0) is 13.4. The van der Waals surface area contributed by atoms with E-state index in [1.54, 1.807) is 12.1 Å². The lowest BCUT2D eigenvalue weighted by Crippen LogP contribution is -2.14. The summed E-state index contributed by atoms with van der Waals surface area (Å²) in [6, 6.07) is 6.26. The molecule has 1 aromatic rings. The molecule has 0 amide bonds. The quantitative estimate of drug-likeness (QED) is 0.585. The van der Waals surface area contributed by atoms with E-state index in [0.29, 0.717) is 6.54 Å². The molecule has 1 rings (SSSR count). The Kier molecular flexibility index (Phi) is 6.07. The molecule has 1 aromatic carbocycles. The predicted octanol–water partition coefficient (Wildman–Crippen LogP) is 2.56. The second-order valence-corrected chi connectivity index (χ2v) is 4.96. The molecule has 1 N–H and O–H groups in total. The van der Waals surface area contributed by atoms with Gasteiger partial charge >= 0.3 is 10.5 Å². The third kappa shape index (κ3) is 6.56. The van der Waals surface area contributed by atoms with Gasteiger partial charge in [-0.15, -0.1) is 0 Å². The van der Waals surface area contributed by atoms with E-state index >= 15 is 0 Å². The molecule has 0 atom stereocenters. The number of halogens is 1. The van der Waals surface area contributed by atoms with E-state index in [2.05, 4.69) is 16.4 Å². The van der Waals surface area contributed by atoms with E-state index in [1.165, 1.54) is 25.0 Å². The molecular weight excluding hydrogens is 257 g/mol. The van der Waals surface area contributed by atoms with Crippen molar-refractivity contribution in [2.24, 2.45) is 0 Å². The average molecular weight is 275 g/mol. The van der Waals surface area contributed by atoms with Gasteiger partial charge in [-0.1, -0.05) is 35.8 Å². The standard InChI is InChI=1S/C12H18FNO3S/c1-2-3-4-9-14-10-11-5-7-12(8-6-11)17-18(13,15)16/h5-8,14H,2-4,9-10H2,1H3. The molecular formula is C12H18FNO3S. The Morgan fingerprint density at radius 3 is 2.44 bits per heavy atom. The van der Waals surface area contributed by atoms with Gasteiger partial charge in [-0.3, -0.25) is 0 Å². The minimum absolute atomic E-state index is 0.0211. The first-order valence-electron chi connectivity index (χ1n) is 5.95. The van der Waals surface area contributed by atoms with Crippen molar-refractivity contribution in [1.29, 1.82) is 0 Å². The first-order chi connectivity index (χ1) is 8.51. The van der Waals surface area contributed by atoms with Crippen LogP contribution in [-0.2, 0) is 17.0 Å². The van der Waals surface area contributed by atoms with Crippen LogP contribution in [0.1, 0.15) is 31.7 Å². The zero-order valence-electron chi connectivity index (χ0n) is 10.4. The van der Waals surface area contributed by atoms with Crippen LogP contribution in [0.4, 0.5) is 3.89 Å². The van der Waals surface area contributed by atoms with Gasteiger partial charge in [0.2, 0.25) is 0 Å². The van der Waals surface area contributed by atoms with Gasteiger partial charge in [0.05, 0.1) is 0 Å². The maximum atomic E-state index is 12.2. The van der Waals surface area contributed by atoms with Gasteiger partial charge in [0.15, 0.2) is 0 Å². The molecule has 0 aliphatic heterocycles. The lowest BCUT2D eigenvalue weighted by molar-refractivity contribution is 0.440. The number of unbranched alkanes of at least 4 members (excludes halogenated alkanes) is 2. The Morgan fingerprint density at radius 1 is 1.22 bits per heavy atom. The Morgan fingerprint density at radius 2 is 1.89 bits per heavy atom. The number of rotatable bonds is 8. The minimum Gasteiger partial charge on any atom is -0.358 e. The summed E-state index contributed by atoms with van der Waals surface area (Å²) < 4.78 is 36.8. The third-order valence-corrected chi connectivity index (χ3v) is 2.80.